The third-order valence-corrected chi connectivity index (χ3v) is 4.80. The fraction of sp³-hybridized carbons (Fsp3) is 0.238. The molecule has 2 aromatic carbocycles. The van der Waals surface area contributed by atoms with Crippen LogP contribution in [-0.4, -0.2) is 23.3 Å². The maximum Gasteiger partial charge on any atom is 0.278 e. The molecule has 0 unspecified atom stereocenters. The fourth-order valence-corrected chi connectivity index (χ4v) is 3.27. The van der Waals surface area contributed by atoms with Gasteiger partial charge in [0.1, 0.15) is 5.70 Å². The Balaban J connectivity index is 2.10. The SMILES string of the molecule is Cc1ccc(Cl)cc1NC1=C(c2ccc(Cl)cc2)C(=O)N(CC(C)C)C1=O. The van der Waals surface area contributed by atoms with Crippen molar-refractivity contribution in [1.82, 2.24) is 4.90 Å². The van der Waals surface area contributed by atoms with Crippen LogP contribution in [0.2, 0.25) is 10.0 Å². The van der Waals surface area contributed by atoms with E-state index in [1.54, 1.807) is 36.4 Å². The van der Waals surface area contributed by atoms with Gasteiger partial charge >= 0.3 is 0 Å². The van der Waals surface area contributed by atoms with E-state index in [0.29, 0.717) is 33.4 Å². The number of halogens is 2. The zero-order chi connectivity index (χ0) is 19.7. The van der Waals surface area contributed by atoms with E-state index in [4.69, 9.17) is 23.2 Å². The van der Waals surface area contributed by atoms with Crippen LogP contribution < -0.4 is 5.32 Å². The van der Waals surface area contributed by atoms with Crippen LogP contribution in [0.25, 0.3) is 5.57 Å². The van der Waals surface area contributed by atoms with Gasteiger partial charge in [0, 0.05) is 22.3 Å². The Bertz CT molecular complexity index is 934. The molecule has 0 saturated heterocycles. The Labute approximate surface area is 168 Å². The molecule has 0 bridgehead atoms. The first kappa shape index (κ1) is 19.5. The minimum Gasteiger partial charge on any atom is -0.350 e. The number of amides is 2. The lowest BCUT2D eigenvalue weighted by atomic mass is 10.0. The summed E-state index contributed by atoms with van der Waals surface area (Å²) >= 11 is 12.1. The lowest BCUT2D eigenvalue weighted by Gasteiger charge is -2.17. The molecule has 3 rings (SSSR count). The van der Waals surface area contributed by atoms with E-state index in [9.17, 15) is 9.59 Å². The molecule has 1 aliphatic rings. The summed E-state index contributed by atoms with van der Waals surface area (Å²) in [5.41, 5.74) is 2.86. The first-order valence-electron chi connectivity index (χ1n) is 8.67. The number of hydrogen-bond acceptors (Lipinski definition) is 3. The normalized spacial score (nSPS) is 14.5. The molecule has 6 heteroatoms. The van der Waals surface area contributed by atoms with Gasteiger partial charge in [-0.1, -0.05) is 55.2 Å². The number of benzene rings is 2. The minimum absolute atomic E-state index is 0.164. The number of nitrogens with one attached hydrogen (secondary N) is 1. The summed E-state index contributed by atoms with van der Waals surface area (Å²) in [7, 11) is 0. The second-order valence-electron chi connectivity index (χ2n) is 6.96. The molecule has 2 aromatic rings. The molecular weight excluding hydrogens is 383 g/mol. The monoisotopic (exact) mass is 402 g/mol. The molecule has 0 aliphatic carbocycles. The molecule has 0 fully saturated rings. The molecule has 1 aliphatic heterocycles. The van der Waals surface area contributed by atoms with Gasteiger partial charge in [-0.2, -0.15) is 0 Å². The van der Waals surface area contributed by atoms with Crippen LogP contribution in [0.5, 0.6) is 0 Å². The van der Waals surface area contributed by atoms with Crippen LogP contribution in [0.1, 0.15) is 25.0 Å². The van der Waals surface area contributed by atoms with Crippen molar-refractivity contribution in [3.63, 3.8) is 0 Å². The zero-order valence-electron chi connectivity index (χ0n) is 15.3. The Kier molecular flexibility index (Phi) is 5.59. The molecular formula is C21H20Cl2N2O2. The second-order valence-corrected chi connectivity index (χ2v) is 7.83. The summed E-state index contributed by atoms with van der Waals surface area (Å²) in [5, 5.41) is 4.26. The molecule has 2 amide bonds. The highest BCUT2D eigenvalue weighted by atomic mass is 35.5. The van der Waals surface area contributed by atoms with E-state index in [-0.39, 0.29) is 23.4 Å². The fourth-order valence-electron chi connectivity index (χ4n) is 2.97. The number of carbonyl (C=O) groups excluding carboxylic acids is 2. The van der Waals surface area contributed by atoms with Crippen LogP contribution in [0.15, 0.2) is 48.2 Å². The highest BCUT2D eigenvalue weighted by Gasteiger charge is 2.39. The lowest BCUT2D eigenvalue weighted by Crippen LogP contribution is -2.35. The number of anilines is 1. The molecule has 0 aromatic heterocycles. The quantitative estimate of drug-likeness (QED) is 0.703. The van der Waals surface area contributed by atoms with E-state index in [1.807, 2.05) is 26.8 Å². The van der Waals surface area contributed by atoms with Crippen molar-refractivity contribution < 1.29 is 9.59 Å². The second kappa shape index (κ2) is 7.75. The van der Waals surface area contributed by atoms with E-state index < -0.39 is 0 Å². The van der Waals surface area contributed by atoms with E-state index in [1.165, 1.54) is 4.90 Å². The van der Waals surface area contributed by atoms with Crippen molar-refractivity contribution in [1.29, 1.82) is 0 Å². The molecule has 0 atom stereocenters. The Morgan fingerprint density at radius 1 is 0.963 bits per heavy atom. The Hall–Kier alpha value is -2.30. The maximum atomic E-state index is 13.0. The predicted molar refractivity (Wildman–Crippen MR) is 110 cm³/mol. The number of rotatable bonds is 5. The average molecular weight is 403 g/mol. The first-order chi connectivity index (χ1) is 12.8. The van der Waals surface area contributed by atoms with Crippen LogP contribution >= 0.6 is 23.2 Å². The largest absolute Gasteiger partial charge is 0.350 e. The van der Waals surface area contributed by atoms with Gasteiger partial charge < -0.3 is 5.32 Å². The lowest BCUT2D eigenvalue weighted by molar-refractivity contribution is -0.137. The van der Waals surface area contributed by atoms with Gasteiger partial charge in [-0.15, -0.1) is 0 Å². The van der Waals surface area contributed by atoms with Crippen LogP contribution in [0, 0.1) is 12.8 Å². The molecule has 0 saturated carbocycles. The van der Waals surface area contributed by atoms with Crippen LogP contribution in [-0.2, 0) is 9.59 Å². The summed E-state index contributed by atoms with van der Waals surface area (Å²) < 4.78 is 0. The van der Waals surface area contributed by atoms with Gasteiger partial charge in [0.15, 0.2) is 0 Å². The Morgan fingerprint density at radius 2 is 1.59 bits per heavy atom. The van der Waals surface area contributed by atoms with E-state index in [0.717, 1.165) is 5.56 Å². The van der Waals surface area contributed by atoms with Gasteiger partial charge in [-0.25, -0.2) is 0 Å². The number of nitrogens with zero attached hydrogens (tertiary/aromatic N) is 1. The molecule has 0 spiro atoms. The molecule has 0 radical (unpaired) electrons. The smallest absolute Gasteiger partial charge is 0.278 e. The van der Waals surface area contributed by atoms with Crippen LogP contribution in [0.4, 0.5) is 5.69 Å². The third-order valence-electron chi connectivity index (χ3n) is 4.31. The van der Waals surface area contributed by atoms with Gasteiger partial charge in [-0.05, 0) is 48.2 Å². The molecule has 1 N–H and O–H groups in total. The zero-order valence-corrected chi connectivity index (χ0v) is 16.9. The minimum atomic E-state index is -0.335. The van der Waals surface area contributed by atoms with Crippen molar-refractivity contribution in [2.75, 3.05) is 11.9 Å². The van der Waals surface area contributed by atoms with Crippen LogP contribution in [0.3, 0.4) is 0 Å². The standard InChI is InChI=1S/C21H20Cl2N2O2/c1-12(2)11-25-20(26)18(14-5-8-15(22)9-6-14)19(21(25)27)24-17-10-16(23)7-4-13(17)3/h4-10,12,24H,11H2,1-3H3. The number of imide groups is 1. The topological polar surface area (TPSA) is 49.4 Å². The summed E-state index contributed by atoms with van der Waals surface area (Å²) in [6.07, 6.45) is 0. The molecule has 1 heterocycles. The first-order valence-corrected chi connectivity index (χ1v) is 9.43. The summed E-state index contributed by atoms with van der Waals surface area (Å²) in [4.78, 5) is 27.4. The summed E-state index contributed by atoms with van der Waals surface area (Å²) in [6, 6.07) is 12.3. The van der Waals surface area contributed by atoms with Crippen molar-refractivity contribution in [2.45, 2.75) is 20.8 Å². The van der Waals surface area contributed by atoms with E-state index >= 15 is 0 Å². The number of aryl methyl sites for hydroxylation is 1. The predicted octanol–water partition coefficient (Wildman–Crippen LogP) is 5.15. The van der Waals surface area contributed by atoms with Crippen molar-refractivity contribution in [2.24, 2.45) is 5.92 Å². The summed E-state index contributed by atoms with van der Waals surface area (Å²) in [6.45, 7) is 6.20. The van der Waals surface area contributed by atoms with Gasteiger partial charge in [0.05, 0.1) is 5.57 Å². The van der Waals surface area contributed by atoms with Crippen molar-refractivity contribution in [3.8, 4) is 0 Å². The van der Waals surface area contributed by atoms with Crippen molar-refractivity contribution >= 4 is 46.3 Å². The summed E-state index contributed by atoms with van der Waals surface area (Å²) in [5.74, 6) is -0.479. The Morgan fingerprint density at radius 3 is 2.22 bits per heavy atom. The van der Waals surface area contributed by atoms with Gasteiger partial charge in [0.2, 0.25) is 0 Å². The number of hydrogen-bond donors (Lipinski definition) is 1. The molecule has 27 heavy (non-hydrogen) atoms. The number of carbonyl (C=O) groups is 2. The average Bonchev–Trinajstić information content (AvgIpc) is 2.83. The van der Waals surface area contributed by atoms with Crippen molar-refractivity contribution in [3.05, 3.63) is 69.3 Å². The van der Waals surface area contributed by atoms with Gasteiger partial charge in [-0.3, -0.25) is 14.5 Å². The molecule has 4 nitrogen and oxygen atoms in total. The maximum absolute atomic E-state index is 13.0. The molecule has 140 valence electrons. The third kappa shape index (κ3) is 4.02. The van der Waals surface area contributed by atoms with E-state index in [2.05, 4.69) is 5.32 Å². The highest BCUT2D eigenvalue weighted by Crippen LogP contribution is 2.33. The highest BCUT2D eigenvalue weighted by molar-refractivity contribution is 6.37. The van der Waals surface area contributed by atoms with Gasteiger partial charge in [0.25, 0.3) is 11.8 Å².